The lowest BCUT2D eigenvalue weighted by atomic mass is 9.79. The lowest BCUT2D eigenvalue weighted by Crippen LogP contribution is -2.45. The Morgan fingerprint density at radius 3 is 2.69 bits per heavy atom. The zero-order chi connectivity index (χ0) is 17.8. The van der Waals surface area contributed by atoms with Gasteiger partial charge in [0.25, 0.3) is 0 Å². The molecule has 1 saturated heterocycles. The van der Waals surface area contributed by atoms with Crippen LogP contribution < -0.4 is 5.32 Å². The van der Waals surface area contributed by atoms with Crippen molar-refractivity contribution >= 4 is 0 Å². The third kappa shape index (κ3) is 3.72. The number of likely N-dealkylation sites (tertiary alicyclic amines) is 1. The van der Waals surface area contributed by atoms with Gasteiger partial charge in [-0.2, -0.15) is 0 Å². The van der Waals surface area contributed by atoms with E-state index in [0.29, 0.717) is 11.6 Å². The van der Waals surface area contributed by atoms with E-state index in [1.165, 1.54) is 56.3 Å². The van der Waals surface area contributed by atoms with E-state index >= 15 is 0 Å². The van der Waals surface area contributed by atoms with E-state index < -0.39 is 0 Å². The highest BCUT2D eigenvalue weighted by molar-refractivity contribution is 5.16. The van der Waals surface area contributed by atoms with Crippen molar-refractivity contribution in [3.8, 4) is 0 Å². The Hall–Kier alpha value is -1.65. The smallest absolute Gasteiger partial charge is 0.0951 e. The molecular formula is C22H32N4. The van der Waals surface area contributed by atoms with Crippen LogP contribution in [0.5, 0.6) is 0 Å². The summed E-state index contributed by atoms with van der Waals surface area (Å²) >= 11 is 0. The van der Waals surface area contributed by atoms with Gasteiger partial charge in [-0.15, -0.1) is 0 Å². The van der Waals surface area contributed by atoms with Gasteiger partial charge in [0.05, 0.1) is 12.0 Å². The van der Waals surface area contributed by atoms with Gasteiger partial charge in [-0.1, -0.05) is 56.5 Å². The second-order valence-corrected chi connectivity index (χ2v) is 8.12. The summed E-state index contributed by atoms with van der Waals surface area (Å²) in [6.45, 7) is 6.40. The van der Waals surface area contributed by atoms with Crippen LogP contribution in [0.1, 0.15) is 56.7 Å². The summed E-state index contributed by atoms with van der Waals surface area (Å²) < 4.78 is 2.33. The van der Waals surface area contributed by atoms with Crippen molar-refractivity contribution in [2.45, 2.75) is 70.1 Å². The molecule has 2 fully saturated rings. The molecule has 1 N–H and O–H groups in total. The lowest BCUT2D eigenvalue weighted by molar-refractivity contribution is 0.0837. The van der Waals surface area contributed by atoms with Crippen LogP contribution in [0.3, 0.4) is 0 Å². The Morgan fingerprint density at radius 2 is 1.92 bits per heavy atom. The third-order valence-corrected chi connectivity index (χ3v) is 6.36. The molecule has 1 aliphatic heterocycles. The number of nitrogens with one attached hydrogen (secondary N) is 1. The lowest BCUT2D eigenvalue weighted by Gasteiger charge is -2.41. The molecule has 0 radical (unpaired) electrons. The number of nitrogens with zero attached hydrogens (tertiary/aromatic N) is 3. The van der Waals surface area contributed by atoms with Crippen molar-refractivity contribution in [3.63, 3.8) is 0 Å². The highest BCUT2D eigenvalue weighted by Crippen LogP contribution is 2.42. The van der Waals surface area contributed by atoms with Crippen LogP contribution >= 0.6 is 0 Å². The van der Waals surface area contributed by atoms with E-state index in [1.54, 1.807) is 0 Å². The number of likely N-dealkylation sites (N-methyl/N-ethyl adjacent to an activating group) is 1. The average molecular weight is 353 g/mol. The van der Waals surface area contributed by atoms with Crippen molar-refractivity contribution in [3.05, 3.63) is 54.1 Å². The molecule has 1 aliphatic carbocycles. The predicted octanol–water partition coefficient (Wildman–Crippen LogP) is 3.82. The molecule has 0 unspecified atom stereocenters. The van der Waals surface area contributed by atoms with Gasteiger partial charge in [-0.3, -0.25) is 4.90 Å². The molecule has 2 aliphatic rings. The maximum atomic E-state index is 4.47. The molecule has 1 spiro atoms. The van der Waals surface area contributed by atoms with Crippen LogP contribution in [0, 0.1) is 0 Å². The van der Waals surface area contributed by atoms with E-state index in [4.69, 9.17) is 0 Å². The van der Waals surface area contributed by atoms with Gasteiger partial charge in [0.15, 0.2) is 0 Å². The molecule has 1 atom stereocenters. The standard InChI is InChI=1S/C22H32N4/c1-2-24-20-13-22(11-7-4-8-12-22)26(16-20)17-21-14-23-18-25(21)15-19-9-5-3-6-10-19/h3,5-6,9-10,14,18,20,24H,2,4,7-8,11-13,15-17H2,1H3/t20-/m1/s1. The largest absolute Gasteiger partial charge is 0.329 e. The number of imidazole rings is 1. The summed E-state index contributed by atoms with van der Waals surface area (Å²) in [5, 5.41) is 3.72. The van der Waals surface area contributed by atoms with Gasteiger partial charge in [0.2, 0.25) is 0 Å². The van der Waals surface area contributed by atoms with Gasteiger partial charge in [-0.25, -0.2) is 4.98 Å². The Bertz CT molecular complexity index is 687. The normalized spacial score (nSPS) is 22.9. The quantitative estimate of drug-likeness (QED) is 0.858. The summed E-state index contributed by atoms with van der Waals surface area (Å²) in [6.07, 6.45) is 12.3. The first-order valence-electron chi connectivity index (χ1n) is 10.3. The number of rotatable bonds is 6. The average Bonchev–Trinajstić information content (AvgIpc) is 3.22. The van der Waals surface area contributed by atoms with E-state index in [0.717, 1.165) is 19.6 Å². The SMILES string of the molecule is CCN[C@H]1CN(Cc2cncn2Cc2ccccc2)C2(CCCCC2)C1. The van der Waals surface area contributed by atoms with E-state index in [9.17, 15) is 0 Å². The highest BCUT2D eigenvalue weighted by atomic mass is 15.3. The van der Waals surface area contributed by atoms with Crippen LogP contribution in [-0.4, -0.2) is 39.1 Å². The van der Waals surface area contributed by atoms with Gasteiger partial charge in [0, 0.05) is 37.4 Å². The summed E-state index contributed by atoms with van der Waals surface area (Å²) in [7, 11) is 0. The van der Waals surface area contributed by atoms with Crippen molar-refractivity contribution in [2.75, 3.05) is 13.1 Å². The molecule has 0 bridgehead atoms. The second-order valence-electron chi connectivity index (χ2n) is 8.12. The Morgan fingerprint density at radius 1 is 1.12 bits per heavy atom. The van der Waals surface area contributed by atoms with Crippen molar-refractivity contribution in [1.29, 1.82) is 0 Å². The molecule has 4 heteroatoms. The Balaban J connectivity index is 1.51. The Labute approximate surface area is 157 Å². The first-order chi connectivity index (χ1) is 12.8. The summed E-state index contributed by atoms with van der Waals surface area (Å²) in [6, 6.07) is 11.3. The molecule has 0 amide bonds. The zero-order valence-electron chi connectivity index (χ0n) is 16.0. The maximum absolute atomic E-state index is 4.47. The Kier molecular flexibility index (Phi) is 5.41. The van der Waals surface area contributed by atoms with Crippen LogP contribution in [0.25, 0.3) is 0 Å². The molecule has 1 aromatic carbocycles. The van der Waals surface area contributed by atoms with E-state index in [2.05, 4.69) is 63.2 Å². The van der Waals surface area contributed by atoms with E-state index in [1.807, 2.05) is 6.33 Å². The number of hydrogen-bond donors (Lipinski definition) is 1. The monoisotopic (exact) mass is 352 g/mol. The maximum Gasteiger partial charge on any atom is 0.0951 e. The molecule has 1 saturated carbocycles. The minimum Gasteiger partial charge on any atom is -0.329 e. The fourth-order valence-corrected chi connectivity index (χ4v) is 5.10. The van der Waals surface area contributed by atoms with Crippen LogP contribution in [0.15, 0.2) is 42.9 Å². The van der Waals surface area contributed by atoms with Crippen LogP contribution in [0.2, 0.25) is 0 Å². The van der Waals surface area contributed by atoms with Gasteiger partial charge in [-0.05, 0) is 31.4 Å². The molecule has 26 heavy (non-hydrogen) atoms. The molecule has 2 aromatic rings. The first kappa shape index (κ1) is 17.7. The number of hydrogen-bond acceptors (Lipinski definition) is 3. The van der Waals surface area contributed by atoms with E-state index in [-0.39, 0.29) is 0 Å². The third-order valence-electron chi connectivity index (χ3n) is 6.36. The molecular weight excluding hydrogens is 320 g/mol. The predicted molar refractivity (Wildman–Crippen MR) is 106 cm³/mol. The van der Waals surface area contributed by atoms with Crippen LogP contribution in [0.4, 0.5) is 0 Å². The number of aromatic nitrogens is 2. The fraction of sp³-hybridized carbons (Fsp3) is 0.591. The molecule has 140 valence electrons. The minimum atomic E-state index is 0.410. The van der Waals surface area contributed by atoms with Gasteiger partial charge >= 0.3 is 0 Å². The highest BCUT2D eigenvalue weighted by Gasteiger charge is 2.45. The zero-order valence-corrected chi connectivity index (χ0v) is 16.0. The van der Waals surface area contributed by atoms with Crippen molar-refractivity contribution < 1.29 is 0 Å². The minimum absolute atomic E-state index is 0.410. The van der Waals surface area contributed by atoms with Gasteiger partial charge < -0.3 is 9.88 Å². The van der Waals surface area contributed by atoms with Crippen molar-refractivity contribution in [2.24, 2.45) is 0 Å². The fourth-order valence-electron chi connectivity index (χ4n) is 5.10. The van der Waals surface area contributed by atoms with Gasteiger partial charge in [0.1, 0.15) is 0 Å². The first-order valence-corrected chi connectivity index (χ1v) is 10.3. The summed E-state index contributed by atoms with van der Waals surface area (Å²) in [5.41, 5.74) is 3.09. The second kappa shape index (κ2) is 7.93. The summed E-state index contributed by atoms with van der Waals surface area (Å²) in [5.74, 6) is 0. The number of benzene rings is 1. The van der Waals surface area contributed by atoms with Crippen molar-refractivity contribution in [1.82, 2.24) is 19.8 Å². The molecule has 4 nitrogen and oxygen atoms in total. The molecule has 2 heterocycles. The molecule has 1 aromatic heterocycles. The topological polar surface area (TPSA) is 33.1 Å². The summed E-state index contributed by atoms with van der Waals surface area (Å²) in [4.78, 5) is 7.25. The van der Waals surface area contributed by atoms with Crippen LogP contribution in [-0.2, 0) is 13.1 Å². The molecule has 4 rings (SSSR count).